The average molecular weight is 297 g/mol. The fraction of sp³-hybridized carbons (Fsp3) is 0.286. The summed E-state index contributed by atoms with van der Waals surface area (Å²) < 4.78 is 16.2. The smallest absolute Gasteiger partial charge is 0.189 e. The molecule has 0 N–H and O–H groups in total. The molecule has 3 nitrogen and oxygen atoms in total. The highest BCUT2D eigenvalue weighted by Crippen LogP contribution is 2.34. The van der Waals surface area contributed by atoms with E-state index in [0.29, 0.717) is 13.4 Å². The third-order valence-electron chi connectivity index (χ3n) is 2.83. The van der Waals surface area contributed by atoms with Gasteiger partial charge in [0, 0.05) is 21.9 Å². The Labute approximate surface area is 120 Å². The second kappa shape index (κ2) is 5.90. The van der Waals surface area contributed by atoms with E-state index in [1.807, 2.05) is 24.3 Å². The quantitative estimate of drug-likeness (QED) is 0.845. The van der Waals surface area contributed by atoms with Crippen LogP contribution >= 0.6 is 23.4 Å². The SMILES string of the molecule is Clc1cc2c(c(CSCc3ccco3)c1)OCOC2. The molecule has 0 aliphatic carbocycles. The van der Waals surface area contributed by atoms with Gasteiger partial charge in [0.25, 0.3) is 0 Å². The van der Waals surface area contributed by atoms with Gasteiger partial charge in [0.05, 0.1) is 18.6 Å². The zero-order chi connectivity index (χ0) is 13.1. The van der Waals surface area contributed by atoms with E-state index in [9.17, 15) is 0 Å². The molecule has 1 aliphatic rings. The Hall–Kier alpha value is -1.10. The van der Waals surface area contributed by atoms with Gasteiger partial charge in [-0.25, -0.2) is 0 Å². The van der Waals surface area contributed by atoms with Gasteiger partial charge in [-0.15, -0.1) is 11.8 Å². The Morgan fingerprint density at radius 3 is 3.05 bits per heavy atom. The number of furan rings is 1. The number of hydrogen-bond donors (Lipinski definition) is 0. The van der Waals surface area contributed by atoms with E-state index < -0.39 is 0 Å². The van der Waals surface area contributed by atoms with Crippen LogP contribution in [0.15, 0.2) is 34.9 Å². The maximum absolute atomic E-state index is 6.12. The lowest BCUT2D eigenvalue weighted by Crippen LogP contribution is -2.12. The number of thioether (sulfide) groups is 1. The number of fused-ring (bicyclic) bond motifs is 1. The summed E-state index contributed by atoms with van der Waals surface area (Å²) in [5, 5.41) is 0.724. The third kappa shape index (κ3) is 3.08. The fourth-order valence-corrected chi connectivity index (χ4v) is 3.19. The number of benzene rings is 1. The lowest BCUT2D eigenvalue weighted by molar-refractivity contribution is -0.0168. The van der Waals surface area contributed by atoms with Gasteiger partial charge in [0.1, 0.15) is 11.5 Å². The first-order valence-corrected chi connectivity index (χ1v) is 7.48. The van der Waals surface area contributed by atoms with Crippen molar-refractivity contribution in [3.8, 4) is 5.75 Å². The van der Waals surface area contributed by atoms with Crippen LogP contribution in [0.3, 0.4) is 0 Å². The summed E-state index contributed by atoms with van der Waals surface area (Å²) in [5.41, 5.74) is 2.13. The van der Waals surface area contributed by atoms with Crippen LogP contribution in [0, 0.1) is 0 Å². The van der Waals surface area contributed by atoms with Crippen molar-refractivity contribution in [2.24, 2.45) is 0 Å². The molecule has 3 rings (SSSR count). The van der Waals surface area contributed by atoms with Crippen molar-refractivity contribution in [3.63, 3.8) is 0 Å². The fourth-order valence-electron chi connectivity index (χ4n) is 2.02. The number of hydrogen-bond acceptors (Lipinski definition) is 4. The molecule has 1 aromatic carbocycles. The summed E-state index contributed by atoms with van der Waals surface area (Å²) in [6.45, 7) is 0.871. The molecule has 19 heavy (non-hydrogen) atoms. The van der Waals surface area contributed by atoms with E-state index >= 15 is 0 Å². The third-order valence-corrected chi connectivity index (χ3v) is 4.06. The van der Waals surface area contributed by atoms with Crippen molar-refractivity contribution < 1.29 is 13.9 Å². The van der Waals surface area contributed by atoms with Gasteiger partial charge < -0.3 is 13.9 Å². The minimum atomic E-state index is 0.310. The van der Waals surface area contributed by atoms with E-state index in [1.165, 1.54) is 0 Å². The molecule has 0 unspecified atom stereocenters. The lowest BCUT2D eigenvalue weighted by atomic mass is 10.1. The summed E-state index contributed by atoms with van der Waals surface area (Å²) in [5.74, 6) is 3.57. The Kier molecular flexibility index (Phi) is 4.01. The molecule has 1 aliphatic heterocycles. The van der Waals surface area contributed by atoms with Gasteiger partial charge in [-0.2, -0.15) is 0 Å². The van der Waals surface area contributed by atoms with Crippen molar-refractivity contribution in [2.75, 3.05) is 6.79 Å². The first kappa shape index (κ1) is 12.9. The van der Waals surface area contributed by atoms with Crippen LogP contribution in [0.1, 0.15) is 16.9 Å². The molecule has 0 radical (unpaired) electrons. The summed E-state index contributed by atoms with van der Waals surface area (Å²) >= 11 is 7.89. The molecule has 0 atom stereocenters. The zero-order valence-electron chi connectivity index (χ0n) is 10.2. The Balaban J connectivity index is 1.71. The maximum Gasteiger partial charge on any atom is 0.189 e. The van der Waals surface area contributed by atoms with Crippen LogP contribution in [0.4, 0.5) is 0 Å². The number of halogens is 1. The van der Waals surface area contributed by atoms with Crippen LogP contribution in [0.5, 0.6) is 5.75 Å². The molecule has 0 saturated heterocycles. The summed E-state index contributed by atoms with van der Waals surface area (Å²) in [6, 6.07) is 7.74. The summed E-state index contributed by atoms with van der Waals surface area (Å²) in [6.07, 6.45) is 1.69. The molecule has 0 fully saturated rings. The second-order valence-corrected chi connectivity index (χ2v) is 5.66. The molecule has 0 spiro atoms. The van der Waals surface area contributed by atoms with E-state index in [1.54, 1.807) is 18.0 Å². The summed E-state index contributed by atoms with van der Waals surface area (Å²) in [7, 11) is 0. The summed E-state index contributed by atoms with van der Waals surface area (Å²) in [4.78, 5) is 0. The van der Waals surface area contributed by atoms with Crippen LogP contribution in [-0.2, 0) is 22.8 Å². The molecule has 5 heteroatoms. The average Bonchev–Trinajstić information content (AvgIpc) is 2.91. The molecular formula is C14H13ClO3S. The van der Waals surface area contributed by atoms with Gasteiger partial charge in [-0.05, 0) is 24.3 Å². The minimum Gasteiger partial charge on any atom is -0.468 e. The Morgan fingerprint density at radius 2 is 2.21 bits per heavy atom. The first-order chi connectivity index (χ1) is 9.33. The van der Waals surface area contributed by atoms with Crippen molar-refractivity contribution in [3.05, 3.63) is 52.4 Å². The van der Waals surface area contributed by atoms with Gasteiger partial charge in [0.2, 0.25) is 0 Å². The van der Waals surface area contributed by atoms with E-state index in [2.05, 4.69) is 0 Å². The first-order valence-electron chi connectivity index (χ1n) is 5.95. The molecule has 0 bridgehead atoms. The molecule has 2 heterocycles. The van der Waals surface area contributed by atoms with Gasteiger partial charge in [-0.1, -0.05) is 11.6 Å². The largest absolute Gasteiger partial charge is 0.468 e. The van der Waals surface area contributed by atoms with Gasteiger partial charge in [-0.3, -0.25) is 0 Å². The maximum atomic E-state index is 6.12. The molecular weight excluding hydrogens is 284 g/mol. The minimum absolute atomic E-state index is 0.310. The van der Waals surface area contributed by atoms with Crippen LogP contribution in [-0.4, -0.2) is 6.79 Å². The molecule has 2 aromatic rings. The topological polar surface area (TPSA) is 31.6 Å². The molecule has 0 saturated carbocycles. The Bertz CT molecular complexity index is 554. The standard InChI is InChI=1S/C14H13ClO3S/c15-12-4-10-6-16-9-18-14(10)11(5-12)7-19-8-13-2-1-3-17-13/h1-5H,6-9H2. The van der Waals surface area contributed by atoms with Crippen molar-refractivity contribution >= 4 is 23.4 Å². The molecule has 100 valence electrons. The number of ether oxygens (including phenoxy) is 2. The zero-order valence-corrected chi connectivity index (χ0v) is 11.8. The highest BCUT2D eigenvalue weighted by molar-refractivity contribution is 7.97. The highest BCUT2D eigenvalue weighted by atomic mass is 35.5. The molecule has 0 amide bonds. The second-order valence-electron chi connectivity index (χ2n) is 4.24. The van der Waals surface area contributed by atoms with Crippen LogP contribution in [0.25, 0.3) is 0 Å². The monoisotopic (exact) mass is 296 g/mol. The van der Waals surface area contributed by atoms with Crippen LogP contribution < -0.4 is 4.74 Å². The van der Waals surface area contributed by atoms with E-state index in [-0.39, 0.29) is 0 Å². The van der Waals surface area contributed by atoms with E-state index in [0.717, 1.165) is 39.2 Å². The molecule has 1 aromatic heterocycles. The normalized spacial score (nSPS) is 13.9. The highest BCUT2D eigenvalue weighted by Gasteiger charge is 2.16. The predicted octanol–water partition coefficient (Wildman–Crippen LogP) is 4.23. The van der Waals surface area contributed by atoms with Crippen molar-refractivity contribution in [1.82, 2.24) is 0 Å². The number of rotatable bonds is 4. The lowest BCUT2D eigenvalue weighted by Gasteiger charge is -2.21. The predicted molar refractivity (Wildman–Crippen MR) is 75.4 cm³/mol. The Morgan fingerprint density at radius 1 is 1.26 bits per heavy atom. The van der Waals surface area contributed by atoms with Crippen molar-refractivity contribution in [1.29, 1.82) is 0 Å². The van der Waals surface area contributed by atoms with E-state index in [4.69, 9.17) is 25.5 Å². The van der Waals surface area contributed by atoms with Gasteiger partial charge >= 0.3 is 0 Å². The van der Waals surface area contributed by atoms with Crippen molar-refractivity contribution in [2.45, 2.75) is 18.1 Å². The van der Waals surface area contributed by atoms with Gasteiger partial charge in [0.15, 0.2) is 6.79 Å². The van der Waals surface area contributed by atoms with Crippen LogP contribution in [0.2, 0.25) is 5.02 Å².